The number of hydrogen-bond acceptors (Lipinski definition) is 9. The van der Waals surface area contributed by atoms with Gasteiger partial charge in [0.05, 0.1) is 43.6 Å². The van der Waals surface area contributed by atoms with Crippen molar-refractivity contribution >= 4 is 49.7 Å². The third-order valence-electron chi connectivity index (χ3n) is 9.49. The van der Waals surface area contributed by atoms with Gasteiger partial charge in [0.15, 0.2) is 11.5 Å². The van der Waals surface area contributed by atoms with Crippen molar-refractivity contribution in [1.29, 1.82) is 0 Å². The molecule has 1 fully saturated rings. The average molecular weight is 780 g/mol. The Balaban J connectivity index is 1.13. The second-order valence-corrected chi connectivity index (χ2v) is 16.7. The largest absolute Gasteiger partial charge is 0.492 e. The molecule has 0 bridgehead atoms. The van der Waals surface area contributed by atoms with E-state index in [2.05, 4.69) is 25.2 Å². The SMILES string of the molecule is COc1c(NC(=O)Nc2ccc(Oc3ccnc(Cc4ccc(C(=O)CCCN5CCOCC5)cc4)c3)c3ccccc23)cc(C(C)(C)C)cc1NS(C)(=O)=O. The van der Waals surface area contributed by atoms with Gasteiger partial charge < -0.3 is 24.8 Å². The quantitative estimate of drug-likeness (QED) is 0.0949. The number of nitrogens with one attached hydrogen (secondary N) is 3. The molecule has 0 saturated carbocycles. The molecule has 0 spiro atoms. The van der Waals surface area contributed by atoms with Crippen molar-refractivity contribution < 1.29 is 32.2 Å². The Hall–Kier alpha value is -5.50. The summed E-state index contributed by atoms with van der Waals surface area (Å²) < 4.78 is 44.2. The fourth-order valence-corrected chi connectivity index (χ4v) is 7.14. The van der Waals surface area contributed by atoms with Gasteiger partial charge in [-0.15, -0.1) is 0 Å². The minimum Gasteiger partial charge on any atom is -0.492 e. The van der Waals surface area contributed by atoms with Crippen LogP contribution >= 0.6 is 0 Å². The molecular formula is C43H49N5O7S. The van der Waals surface area contributed by atoms with E-state index in [0.29, 0.717) is 41.3 Å². The zero-order valence-corrected chi connectivity index (χ0v) is 33.3. The predicted molar refractivity (Wildman–Crippen MR) is 221 cm³/mol. The standard InChI is InChI=1S/C43H49N5O7S/c1-43(2,3)31-26-37(41(53-4)38(27-31)47-56(5,51)52)46-42(50)45-36-16-17-40(35-10-7-6-9-34(35)36)55-33-18-19-44-32(28-33)25-29-12-14-30(15-13-29)39(49)11-8-20-48-21-23-54-24-22-48/h6-7,9-10,12-19,26-28,47H,8,11,20-25H2,1-5H3,(H2,45,46,50). The summed E-state index contributed by atoms with van der Waals surface area (Å²) in [5.41, 5.74) is 4.07. The molecule has 13 heteroatoms. The zero-order chi connectivity index (χ0) is 39.9. The molecule has 1 aliphatic rings. The first-order valence-corrected chi connectivity index (χ1v) is 20.5. The van der Waals surface area contributed by atoms with Crippen molar-refractivity contribution in [2.24, 2.45) is 0 Å². The molecule has 6 rings (SSSR count). The number of nitrogens with zero attached hydrogens (tertiary/aromatic N) is 2. The van der Waals surface area contributed by atoms with E-state index in [1.807, 2.05) is 75.4 Å². The topological polar surface area (TPSA) is 148 Å². The monoisotopic (exact) mass is 779 g/mol. The molecule has 56 heavy (non-hydrogen) atoms. The summed E-state index contributed by atoms with van der Waals surface area (Å²) in [6.07, 6.45) is 4.68. The lowest BCUT2D eigenvalue weighted by Gasteiger charge is -2.26. The Bertz CT molecular complexity index is 2300. The number of rotatable bonds is 14. The first-order chi connectivity index (χ1) is 26.8. The lowest BCUT2D eigenvalue weighted by atomic mass is 9.86. The fourth-order valence-electron chi connectivity index (χ4n) is 6.59. The van der Waals surface area contributed by atoms with Crippen molar-refractivity contribution in [3.8, 4) is 17.2 Å². The number of hydrogen-bond donors (Lipinski definition) is 3. The van der Waals surface area contributed by atoms with Crippen molar-refractivity contribution in [1.82, 2.24) is 9.88 Å². The Morgan fingerprint density at radius 1 is 0.875 bits per heavy atom. The second kappa shape index (κ2) is 17.5. The number of ketones is 1. The minimum atomic E-state index is -3.63. The summed E-state index contributed by atoms with van der Waals surface area (Å²) in [7, 11) is -2.22. The zero-order valence-electron chi connectivity index (χ0n) is 32.5. The van der Waals surface area contributed by atoms with Crippen molar-refractivity contribution in [3.05, 3.63) is 114 Å². The number of carbonyl (C=O) groups is 2. The highest BCUT2D eigenvalue weighted by Gasteiger charge is 2.23. The van der Waals surface area contributed by atoms with Gasteiger partial charge in [-0.1, -0.05) is 69.3 Å². The van der Waals surface area contributed by atoms with Crippen LogP contribution in [-0.2, 0) is 26.6 Å². The van der Waals surface area contributed by atoms with Crippen LogP contribution in [0.5, 0.6) is 17.2 Å². The molecule has 0 aliphatic carbocycles. The molecule has 12 nitrogen and oxygen atoms in total. The summed E-state index contributed by atoms with van der Waals surface area (Å²) in [6, 6.07) is 25.5. The number of anilines is 3. The first-order valence-electron chi connectivity index (χ1n) is 18.6. The van der Waals surface area contributed by atoms with Gasteiger partial charge >= 0.3 is 6.03 Å². The molecule has 5 aromatic rings. The van der Waals surface area contributed by atoms with Crippen LogP contribution < -0.4 is 24.8 Å². The van der Waals surface area contributed by atoms with Crippen molar-refractivity contribution in [2.75, 3.05) is 61.6 Å². The summed E-state index contributed by atoms with van der Waals surface area (Å²) in [5, 5.41) is 7.32. The van der Waals surface area contributed by atoms with Crippen LogP contribution in [-0.4, -0.2) is 76.3 Å². The minimum absolute atomic E-state index is 0.150. The van der Waals surface area contributed by atoms with Gasteiger partial charge in [0.2, 0.25) is 10.0 Å². The van der Waals surface area contributed by atoms with Crippen molar-refractivity contribution in [2.45, 2.75) is 45.4 Å². The maximum Gasteiger partial charge on any atom is 0.323 e. The number of methoxy groups -OCH3 is 1. The molecular weight excluding hydrogens is 731 g/mol. The highest BCUT2D eigenvalue weighted by molar-refractivity contribution is 7.92. The van der Waals surface area contributed by atoms with Gasteiger partial charge in [-0.25, -0.2) is 13.2 Å². The molecule has 0 unspecified atom stereocenters. The van der Waals surface area contributed by atoms with Gasteiger partial charge in [-0.2, -0.15) is 0 Å². The van der Waals surface area contributed by atoms with Crippen LogP contribution in [0.1, 0.15) is 60.8 Å². The van der Waals surface area contributed by atoms with E-state index in [9.17, 15) is 18.0 Å². The van der Waals surface area contributed by atoms with Gasteiger partial charge in [0.25, 0.3) is 0 Å². The van der Waals surface area contributed by atoms with Gasteiger partial charge in [0, 0.05) is 60.2 Å². The predicted octanol–water partition coefficient (Wildman–Crippen LogP) is 8.23. The number of ether oxygens (including phenoxy) is 3. The Morgan fingerprint density at radius 2 is 1.57 bits per heavy atom. The van der Waals surface area contributed by atoms with Crippen LogP contribution in [0.2, 0.25) is 0 Å². The summed E-state index contributed by atoms with van der Waals surface area (Å²) >= 11 is 0. The van der Waals surface area contributed by atoms with Crippen LogP contribution in [0.25, 0.3) is 10.8 Å². The number of sulfonamides is 1. The lowest BCUT2D eigenvalue weighted by Crippen LogP contribution is -2.36. The number of pyridine rings is 1. The lowest BCUT2D eigenvalue weighted by molar-refractivity contribution is 0.0371. The van der Waals surface area contributed by atoms with Gasteiger partial charge in [0.1, 0.15) is 11.5 Å². The summed E-state index contributed by atoms with van der Waals surface area (Å²) in [5.74, 6) is 1.53. The van der Waals surface area contributed by atoms with Gasteiger partial charge in [-0.05, 0) is 59.8 Å². The molecule has 1 aromatic heterocycles. The van der Waals surface area contributed by atoms with E-state index >= 15 is 0 Å². The van der Waals surface area contributed by atoms with E-state index < -0.39 is 16.1 Å². The summed E-state index contributed by atoms with van der Waals surface area (Å²) in [6.45, 7) is 10.2. The first kappa shape index (κ1) is 40.2. The van der Waals surface area contributed by atoms with Crippen molar-refractivity contribution in [3.63, 3.8) is 0 Å². The molecule has 1 aliphatic heterocycles. The molecule has 3 N–H and O–H groups in total. The number of benzene rings is 4. The molecule has 1 saturated heterocycles. The molecule has 294 valence electrons. The van der Waals surface area contributed by atoms with E-state index in [1.165, 1.54) is 7.11 Å². The Morgan fingerprint density at radius 3 is 2.27 bits per heavy atom. The number of fused-ring (bicyclic) bond motifs is 1. The number of morpholine rings is 1. The molecule has 2 amide bonds. The number of amides is 2. The van der Waals surface area contributed by atoms with Crippen LogP contribution in [0.3, 0.4) is 0 Å². The third-order valence-corrected chi connectivity index (χ3v) is 10.1. The highest BCUT2D eigenvalue weighted by Crippen LogP contribution is 2.40. The smallest absolute Gasteiger partial charge is 0.323 e. The number of urea groups is 1. The Kier molecular flexibility index (Phi) is 12.6. The highest BCUT2D eigenvalue weighted by atomic mass is 32.2. The van der Waals surface area contributed by atoms with E-state index in [-0.39, 0.29) is 22.6 Å². The third kappa shape index (κ3) is 10.6. The number of aromatic nitrogens is 1. The van der Waals surface area contributed by atoms with Crippen LogP contribution in [0.15, 0.2) is 91.1 Å². The maximum atomic E-state index is 13.5. The molecule has 4 aromatic carbocycles. The average Bonchev–Trinajstić information content (AvgIpc) is 3.15. The Labute approximate surface area is 328 Å². The van der Waals surface area contributed by atoms with E-state index in [0.717, 1.165) is 73.1 Å². The summed E-state index contributed by atoms with van der Waals surface area (Å²) in [4.78, 5) is 33.2. The molecule has 0 atom stereocenters. The van der Waals surface area contributed by atoms with E-state index in [4.69, 9.17) is 14.2 Å². The van der Waals surface area contributed by atoms with Gasteiger partial charge in [-0.3, -0.25) is 19.4 Å². The molecule has 0 radical (unpaired) electrons. The number of Topliss-reactive ketones (excluding diaryl/α,β-unsaturated/α-hetero) is 1. The number of carbonyl (C=O) groups excluding carboxylic acids is 2. The fraction of sp³-hybridized carbons (Fsp3) is 0.326. The normalized spacial score (nSPS) is 13.6. The second-order valence-electron chi connectivity index (χ2n) is 14.9. The van der Waals surface area contributed by atoms with Crippen LogP contribution in [0, 0.1) is 0 Å². The maximum absolute atomic E-state index is 13.5. The van der Waals surface area contributed by atoms with E-state index in [1.54, 1.807) is 36.5 Å². The molecule has 2 heterocycles. The van der Waals surface area contributed by atoms with Crippen LogP contribution in [0.4, 0.5) is 21.9 Å².